The van der Waals surface area contributed by atoms with E-state index in [2.05, 4.69) is 18.8 Å². The van der Waals surface area contributed by atoms with Gasteiger partial charge in [0.05, 0.1) is 10.7 Å². The Morgan fingerprint density at radius 1 is 1.50 bits per heavy atom. The molecule has 1 heterocycles. The molecule has 1 fully saturated rings. The second-order valence-corrected chi connectivity index (χ2v) is 4.66. The van der Waals surface area contributed by atoms with Gasteiger partial charge in [-0.3, -0.25) is 0 Å². The molecule has 12 heavy (non-hydrogen) atoms. The van der Waals surface area contributed by atoms with E-state index in [1.165, 1.54) is 34.8 Å². The van der Waals surface area contributed by atoms with Gasteiger partial charge in [-0.25, -0.2) is 4.98 Å². The molecule has 0 atom stereocenters. The van der Waals surface area contributed by atoms with Crippen LogP contribution < -0.4 is 0 Å². The Morgan fingerprint density at radius 3 is 2.67 bits per heavy atom. The fraction of sp³-hybridized carbons (Fsp3) is 0.700. The predicted molar refractivity (Wildman–Crippen MR) is 52.8 cm³/mol. The highest BCUT2D eigenvalue weighted by molar-refractivity contribution is 7.11. The second kappa shape index (κ2) is 3.17. The highest BCUT2D eigenvalue weighted by atomic mass is 32.1. The zero-order valence-corrected chi connectivity index (χ0v) is 8.58. The minimum absolute atomic E-state index is 0.814. The van der Waals surface area contributed by atoms with Crippen molar-refractivity contribution in [1.29, 1.82) is 0 Å². The Hall–Kier alpha value is -0.370. The molecular formula is C10H15NS. The van der Waals surface area contributed by atoms with Crippen LogP contribution in [0.15, 0.2) is 0 Å². The highest BCUT2D eigenvalue weighted by Crippen LogP contribution is 2.39. The molecule has 66 valence electrons. The van der Waals surface area contributed by atoms with Crippen LogP contribution in [0.3, 0.4) is 0 Å². The minimum atomic E-state index is 0.814. The number of hydrogen-bond donors (Lipinski definition) is 0. The van der Waals surface area contributed by atoms with E-state index in [0.717, 1.165) is 12.3 Å². The predicted octanol–water partition coefficient (Wildman–Crippen LogP) is 3.28. The molecule has 1 aromatic rings. The van der Waals surface area contributed by atoms with Gasteiger partial charge in [0.1, 0.15) is 0 Å². The van der Waals surface area contributed by atoms with Crippen molar-refractivity contribution in [3.8, 4) is 0 Å². The van der Waals surface area contributed by atoms with Gasteiger partial charge in [0, 0.05) is 10.8 Å². The summed E-state index contributed by atoms with van der Waals surface area (Å²) in [5, 5.41) is 1.40. The molecule has 0 saturated heterocycles. The number of aromatic nitrogens is 1. The number of thiazole rings is 1. The lowest BCUT2D eigenvalue weighted by Gasteiger charge is -2.22. The third-order valence-corrected chi connectivity index (χ3v) is 4.15. The third kappa shape index (κ3) is 1.28. The standard InChI is InChI=1S/C10H15NS/c1-3-9-7(2)11-10(12-9)8-5-4-6-8/h8H,3-6H2,1-2H3. The van der Waals surface area contributed by atoms with Crippen LogP contribution in [0.25, 0.3) is 0 Å². The first-order valence-electron chi connectivity index (χ1n) is 4.77. The Kier molecular flexibility index (Phi) is 2.18. The van der Waals surface area contributed by atoms with Gasteiger partial charge in [-0.15, -0.1) is 11.3 Å². The maximum absolute atomic E-state index is 4.62. The van der Waals surface area contributed by atoms with Crippen LogP contribution in [0.2, 0.25) is 0 Å². The van der Waals surface area contributed by atoms with Crippen LogP contribution in [-0.4, -0.2) is 4.98 Å². The summed E-state index contributed by atoms with van der Waals surface area (Å²) in [5.41, 5.74) is 1.27. The number of nitrogens with zero attached hydrogens (tertiary/aromatic N) is 1. The van der Waals surface area contributed by atoms with Crippen molar-refractivity contribution in [2.45, 2.75) is 45.4 Å². The van der Waals surface area contributed by atoms with E-state index in [4.69, 9.17) is 0 Å². The molecule has 0 radical (unpaired) electrons. The highest BCUT2D eigenvalue weighted by Gasteiger charge is 2.23. The average Bonchev–Trinajstić information content (AvgIpc) is 2.27. The lowest BCUT2D eigenvalue weighted by Crippen LogP contribution is -2.07. The molecular weight excluding hydrogens is 166 g/mol. The quantitative estimate of drug-likeness (QED) is 0.682. The van der Waals surface area contributed by atoms with Crippen molar-refractivity contribution in [3.63, 3.8) is 0 Å². The van der Waals surface area contributed by atoms with E-state index in [9.17, 15) is 0 Å². The average molecular weight is 181 g/mol. The molecule has 0 aliphatic heterocycles. The molecule has 1 aliphatic carbocycles. The Balaban J connectivity index is 2.21. The van der Waals surface area contributed by atoms with Crippen molar-refractivity contribution < 1.29 is 0 Å². The third-order valence-electron chi connectivity index (χ3n) is 2.68. The van der Waals surface area contributed by atoms with Crippen molar-refractivity contribution in [1.82, 2.24) is 4.98 Å². The summed E-state index contributed by atoms with van der Waals surface area (Å²) >= 11 is 1.93. The fourth-order valence-corrected chi connectivity index (χ4v) is 2.78. The van der Waals surface area contributed by atoms with Crippen LogP contribution in [0.1, 0.15) is 47.7 Å². The summed E-state index contributed by atoms with van der Waals surface area (Å²) in [5.74, 6) is 0.814. The van der Waals surface area contributed by atoms with Crippen LogP contribution in [0.4, 0.5) is 0 Å². The second-order valence-electron chi connectivity index (χ2n) is 3.54. The molecule has 1 aliphatic rings. The number of rotatable bonds is 2. The van der Waals surface area contributed by atoms with E-state index in [0.29, 0.717) is 0 Å². The molecule has 1 saturated carbocycles. The summed E-state index contributed by atoms with van der Waals surface area (Å²) in [6.07, 6.45) is 5.30. The van der Waals surface area contributed by atoms with Crippen LogP contribution in [0.5, 0.6) is 0 Å². The normalized spacial score (nSPS) is 17.8. The molecule has 1 aromatic heterocycles. The Labute approximate surface area is 77.8 Å². The summed E-state index contributed by atoms with van der Waals surface area (Å²) in [6.45, 7) is 4.35. The Morgan fingerprint density at radius 2 is 2.25 bits per heavy atom. The molecule has 0 unspecified atom stereocenters. The lowest BCUT2D eigenvalue weighted by atomic mass is 9.86. The monoisotopic (exact) mass is 181 g/mol. The van der Waals surface area contributed by atoms with E-state index in [1.807, 2.05) is 11.3 Å². The molecule has 2 heteroatoms. The van der Waals surface area contributed by atoms with Crippen LogP contribution in [0, 0.1) is 6.92 Å². The molecule has 0 amide bonds. The van der Waals surface area contributed by atoms with Crippen molar-refractivity contribution >= 4 is 11.3 Å². The maximum Gasteiger partial charge on any atom is 0.0961 e. The van der Waals surface area contributed by atoms with Gasteiger partial charge in [-0.1, -0.05) is 13.3 Å². The molecule has 0 aromatic carbocycles. The van der Waals surface area contributed by atoms with Gasteiger partial charge in [-0.05, 0) is 26.2 Å². The summed E-state index contributed by atoms with van der Waals surface area (Å²) in [7, 11) is 0. The first-order chi connectivity index (χ1) is 5.81. The molecule has 0 bridgehead atoms. The van der Waals surface area contributed by atoms with Gasteiger partial charge >= 0.3 is 0 Å². The van der Waals surface area contributed by atoms with E-state index in [1.54, 1.807) is 0 Å². The SMILES string of the molecule is CCc1sc(C2CCC2)nc1C. The van der Waals surface area contributed by atoms with Gasteiger partial charge in [0.15, 0.2) is 0 Å². The topological polar surface area (TPSA) is 12.9 Å². The zero-order valence-electron chi connectivity index (χ0n) is 7.76. The van der Waals surface area contributed by atoms with Gasteiger partial charge in [0.2, 0.25) is 0 Å². The Bertz CT molecular complexity index is 273. The van der Waals surface area contributed by atoms with Crippen molar-refractivity contribution in [2.75, 3.05) is 0 Å². The first kappa shape index (κ1) is 8.24. The van der Waals surface area contributed by atoms with E-state index >= 15 is 0 Å². The summed E-state index contributed by atoms with van der Waals surface area (Å²) in [6, 6.07) is 0. The maximum atomic E-state index is 4.62. The number of hydrogen-bond acceptors (Lipinski definition) is 2. The molecule has 2 rings (SSSR count). The lowest BCUT2D eigenvalue weighted by molar-refractivity contribution is 0.418. The largest absolute Gasteiger partial charge is 0.246 e. The van der Waals surface area contributed by atoms with Crippen LogP contribution in [-0.2, 0) is 6.42 Å². The minimum Gasteiger partial charge on any atom is -0.246 e. The van der Waals surface area contributed by atoms with E-state index < -0.39 is 0 Å². The number of aryl methyl sites for hydroxylation is 2. The van der Waals surface area contributed by atoms with Gasteiger partial charge in [0.25, 0.3) is 0 Å². The van der Waals surface area contributed by atoms with Crippen molar-refractivity contribution in [2.24, 2.45) is 0 Å². The van der Waals surface area contributed by atoms with E-state index in [-0.39, 0.29) is 0 Å². The molecule has 0 N–H and O–H groups in total. The van der Waals surface area contributed by atoms with Gasteiger partial charge in [-0.2, -0.15) is 0 Å². The smallest absolute Gasteiger partial charge is 0.0961 e. The fourth-order valence-electron chi connectivity index (χ4n) is 1.61. The van der Waals surface area contributed by atoms with Crippen LogP contribution >= 0.6 is 11.3 Å². The van der Waals surface area contributed by atoms with Gasteiger partial charge < -0.3 is 0 Å². The molecule has 1 nitrogen and oxygen atoms in total. The first-order valence-corrected chi connectivity index (χ1v) is 5.59. The van der Waals surface area contributed by atoms with Crippen molar-refractivity contribution in [3.05, 3.63) is 15.6 Å². The summed E-state index contributed by atoms with van der Waals surface area (Å²) < 4.78 is 0. The zero-order chi connectivity index (χ0) is 8.55. The molecule has 0 spiro atoms. The summed E-state index contributed by atoms with van der Waals surface area (Å²) in [4.78, 5) is 6.11.